The van der Waals surface area contributed by atoms with E-state index in [0.717, 1.165) is 4.47 Å². The molecule has 4 nitrogen and oxygen atoms in total. The fourth-order valence-electron chi connectivity index (χ4n) is 2.77. The number of halogens is 2. The summed E-state index contributed by atoms with van der Waals surface area (Å²) in [4.78, 5) is 17.1. The first-order valence-corrected chi connectivity index (χ1v) is 9.28. The van der Waals surface area contributed by atoms with Gasteiger partial charge < -0.3 is 9.73 Å². The molecule has 138 valence electrons. The van der Waals surface area contributed by atoms with E-state index in [0.29, 0.717) is 34.0 Å². The molecule has 0 fully saturated rings. The van der Waals surface area contributed by atoms with Crippen molar-refractivity contribution in [3.8, 4) is 22.8 Å². The summed E-state index contributed by atoms with van der Waals surface area (Å²) in [5.74, 6) is 0.217. The maximum Gasteiger partial charge on any atom is 0.256 e. The van der Waals surface area contributed by atoms with Crippen LogP contribution < -0.4 is 5.32 Å². The Balaban J connectivity index is 1.66. The van der Waals surface area contributed by atoms with Crippen molar-refractivity contribution in [1.82, 2.24) is 4.98 Å². The SMILES string of the molecule is O=C(Nc1ccccc1Br)c1ccccc1-c1ncc(-c2ccc(F)cc2)o1. The topological polar surface area (TPSA) is 55.1 Å². The lowest BCUT2D eigenvalue weighted by atomic mass is 10.1. The summed E-state index contributed by atoms with van der Waals surface area (Å²) in [6.45, 7) is 0. The summed E-state index contributed by atoms with van der Waals surface area (Å²) < 4.78 is 19.8. The summed E-state index contributed by atoms with van der Waals surface area (Å²) in [5.41, 5.74) is 2.38. The molecule has 1 amide bonds. The van der Waals surface area contributed by atoms with Crippen molar-refractivity contribution in [2.45, 2.75) is 0 Å². The van der Waals surface area contributed by atoms with Crippen molar-refractivity contribution in [2.24, 2.45) is 0 Å². The molecular formula is C22H14BrFN2O2. The number of rotatable bonds is 4. The fraction of sp³-hybridized carbons (Fsp3) is 0. The van der Waals surface area contributed by atoms with Crippen molar-refractivity contribution in [3.63, 3.8) is 0 Å². The highest BCUT2D eigenvalue weighted by Crippen LogP contribution is 2.29. The zero-order chi connectivity index (χ0) is 19.5. The van der Waals surface area contributed by atoms with Crippen molar-refractivity contribution in [3.05, 3.63) is 94.8 Å². The van der Waals surface area contributed by atoms with E-state index >= 15 is 0 Å². The van der Waals surface area contributed by atoms with Gasteiger partial charge in [0.25, 0.3) is 5.91 Å². The molecule has 0 atom stereocenters. The van der Waals surface area contributed by atoms with E-state index < -0.39 is 0 Å². The van der Waals surface area contributed by atoms with Crippen molar-refractivity contribution < 1.29 is 13.6 Å². The minimum atomic E-state index is -0.322. The van der Waals surface area contributed by atoms with Crippen LogP contribution in [0.4, 0.5) is 10.1 Å². The Morgan fingerprint density at radius 1 is 0.964 bits per heavy atom. The zero-order valence-electron chi connectivity index (χ0n) is 14.5. The predicted octanol–water partition coefficient (Wildman–Crippen LogP) is 6.16. The highest BCUT2D eigenvalue weighted by molar-refractivity contribution is 9.10. The smallest absolute Gasteiger partial charge is 0.256 e. The highest BCUT2D eigenvalue weighted by atomic mass is 79.9. The summed E-state index contributed by atoms with van der Waals surface area (Å²) in [6, 6.07) is 20.4. The molecule has 1 N–H and O–H groups in total. The monoisotopic (exact) mass is 436 g/mol. The third-order valence-corrected chi connectivity index (χ3v) is 4.85. The first-order chi connectivity index (χ1) is 13.6. The van der Waals surface area contributed by atoms with Crippen LogP contribution in [0.2, 0.25) is 0 Å². The van der Waals surface area contributed by atoms with Crippen LogP contribution in [0, 0.1) is 5.82 Å². The maximum atomic E-state index is 13.1. The maximum absolute atomic E-state index is 13.1. The Labute approximate surface area is 169 Å². The molecule has 4 aromatic rings. The van der Waals surface area contributed by atoms with E-state index in [-0.39, 0.29) is 11.7 Å². The number of hydrogen-bond donors (Lipinski definition) is 1. The molecule has 4 rings (SSSR count). The molecule has 0 aliphatic heterocycles. The minimum absolute atomic E-state index is 0.274. The second-order valence-corrected chi connectivity index (χ2v) is 6.87. The van der Waals surface area contributed by atoms with Crippen LogP contribution >= 0.6 is 15.9 Å². The first kappa shape index (κ1) is 18.1. The number of para-hydroxylation sites is 1. The highest BCUT2D eigenvalue weighted by Gasteiger charge is 2.17. The second kappa shape index (κ2) is 7.78. The van der Waals surface area contributed by atoms with Crippen LogP contribution in [-0.4, -0.2) is 10.9 Å². The van der Waals surface area contributed by atoms with Gasteiger partial charge in [-0.1, -0.05) is 24.3 Å². The average Bonchev–Trinajstić information content (AvgIpc) is 3.20. The average molecular weight is 437 g/mol. The Morgan fingerprint density at radius 2 is 1.68 bits per heavy atom. The summed E-state index contributed by atoms with van der Waals surface area (Å²) in [7, 11) is 0. The molecule has 1 heterocycles. The van der Waals surface area contributed by atoms with E-state index in [1.165, 1.54) is 12.1 Å². The largest absolute Gasteiger partial charge is 0.436 e. The van der Waals surface area contributed by atoms with E-state index in [4.69, 9.17) is 4.42 Å². The lowest BCUT2D eigenvalue weighted by Crippen LogP contribution is -2.13. The van der Waals surface area contributed by atoms with Crippen LogP contribution in [0.3, 0.4) is 0 Å². The molecule has 28 heavy (non-hydrogen) atoms. The molecule has 0 saturated carbocycles. The second-order valence-electron chi connectivity index (χ2n) is 6.02. The molecule has 0 unspecified atom stereocenters. The number of aromatic nitrogens is 1. The van der Waals surface area contributed by atoms with E-state index in [9.17, 15) is 9.18 Å². The van der Waals surface area contributed by atoms with Crippen molar-refractivity contribution in [2.75, 3.05) is 5.32 Å². The number of nitrogens with one attached hydrogen (secondary N) is 1. The predicted molar refractivity (Wildman–Crippen MR) is 109 cm³/mol. The molecule has 0 aliphatic rings. The van der Waals surface area contributed by atoms with Crippen LogP contribution in [0.1, 0.15) is 10.4 Å². The van der Waals surface area contributed by atoms with Crippen LogP contribution in [0.15, 0.2) is 87.9 Å². The van der Waals surface area contributed by atoms with Gasteiger partial charge in [-0.2, -0.15) is 0 Å². The van der Waals surface area contributed by atoms with Crippen molar-refractivity contribution in [1.29, 1.82) is 0 Å². The lowest BCUT2D eigenvalue weighted by molar-refractivity contribution is 0.102. The Morgan fingerprint density at radius 3 is 2.46 bits per heavy atom. The van der Waals surface area contributed by atoms with Gasteiger partial charge in [0.15, 0.2) is 5.76 Å². The summed E-state index contributed by atoms with van der Waals surface area (Å²) in [6.07, 6.45) is 1.56. The standard InChI is InChI=1S/C22H14BrFN2O2/c23-18-7-3-4-8-19(18)26-21(27)16-5-1-2-6-17(16)22-25-13-20(28-22)14-9-11-15(24)12-10-14/h1-13H,(H,26,27). The molecule has 1 aromatic heterocycles. The Hall–Kier alpha value is -3.25. The summed E-state index contributed by atoms with van der Waals surface area (Å²) in [5, 5.41) is 2.88. The molecule has 3 aromatic carbocycles. The molecule has 0 radical (unpaired) electrons. The van der Waals surface area contributed by atoms with Gasteiger partial charge in [-0.3, -0.25) is 4.79 Å². The number of carbonyl (C=O) groups is 1. The van der Waals surface area contributed by atoms with Crippen molar-refractivity contribution >= 4 is 27.5 Å². The third kappa shape index (κ3) is 3.73. The van der Waals surface area contributed by atoms with E-state index in [1.807, 2.05) is 30.3 Å². The number of amides is 1. The van der Waals surface area contributed by atoms with Gasteiger partial charge >= 0.3 is 0 Å². The lowest BCUT2D eigenvalue weighted by Gasteiger charge is -2.09. The molecule has 6 heteroatoms. The number of nitrogens with zero attached hydrogens (tertiary/aromatic N) is 1. The van der Waals surface area contributed by atoms with Gasteiger partial charge in [-0.05, 0) is 64.5 Å². The number of oxazole rings is 1. The first-order valence-electron chi connectivity index (χ1n) is 8.49. The summed E-state index contributed by atoms with van der Waals surface area (Å²) >= 11 is 3.42. The number of hydrogen-bond acceptors (Lipinski definition) is 3. The van der Waals surface area contributed by atoms with Gasteiger partial charge in [0.05, 0.1) is 17.4 Å². The van der Waals surface area contributed by atoms with Crippen LogP contribution in [-0.2, 0) is 0 Å². The van der Waals surface area contributed by atoms with Gasteiger partial charge in [0, 0.05) is 15.6 Å². The Kier molecular flexibility index (Phi) is 5.04. The molecule has 0 aliphatic carbocycles. The van der Waals surface area contributed by atoms with Crippen LogP contribution in [0.5, 0.6) is 0 Å². The number of anilines is 1. The molecule has 0 spiro atoms. The van der Waals surface area contributed by atoms with E-state index in [2.05, 4.69) is 26.2 Å². The third-order valence-electron chi connectivity index (χ3n) is 4.16. The molecule has 0 bridgehead atoms. The molecular weight excluding hydrogens is 423 g/mol. The van der Waals surface area contributed by atoms with Gasteiger partial charge in [0.2, 0.25) is 5.89 Å². The minimum Gasteiger partial charge on any atom is -0.436 e. The quantitative estimate of drug-likeness (QED) is 0.416. The van der Waals surface area contributed by atoms with Gasteiger partial charge in [-0.25, -0.2) is 9.37 Å². The Bertz CT molecular complexity index is 1140. The van der Waals surface area contributed by atoms with E-state index in [1.54, 1.807) is 36.5 Å². The van der Waals surface area contributed by atoms with Crippen LogP contribution in [0.25, 0.3) is 22.8 Å². The van der Waals surface area contributed by atoms with Gasteiger partial charge in [-0.15, -0.1) is 0 Å². The normalized spacial score (nSPS) is 10.6. The molecule has 0 saturated heterocycles. The fourth-order valence-corrected chi connectivity index (χ4v) is 3.15. The van der Waals surface area contributed by atoms with Gasteiger partial charge in [0.1, 0.15) is 5.82 Å². The number of carbonyl (C=O) groups excluding carboxylic acids is 1. The zero-order valence-corrected chi connectivity index (χ0v) is 16.1. The number of benzene rings is 3.